The lowest BCUT2D eigenvalue weighted by atomic mass is 10.2. The van der Waals surface area contributed by atoms with Crippen LogP contribution in [0, 0.1) is 0 Å². The van der Waals surface area contributed by atoms with Crippen LogP contribution >= 0.6 is 11.8 Å². The van der Waals surface area contributed by atoms with Crippen LogP contribution in [-0.4, -0.2) is 27.1 Å². The van der Waals surface area contributed by atoms with Crippen molar-refractivity contribution in [2.24, 2.45) is 0 Å². The molecule has 2 rings (SSSR count). The Bertz CT molecular complexity index is 546. The lowest BCUT2D eigenvalue weighted by Crippen LogP contribution is -2.06. The zero-order valence-electron chi connectivity index (χ0n) is 9.88. The monoisotopic (exact) mass is 264 g/mol. The summed E-state index contributed by atoms with van der Waals surface area (Å²) in [7, 11) is 1.78. The van der Waals surface area contributed by atoms with E-state index in [0.717, 1.165) is 11.3 Å². The summed E-state index contributed by atoms with van der Waals surface area (Å²) < 4.78 is 3.20. The third-order valence-corrected chi connectivity index (χ3v) is 2.70. The molecule has 1 heterocycles. The van der Waals surface area contributed by atoms with Crippen LogP contribution in [0.25, 0.3) is 5.69 Å². The summed E-state index contributed by atoms with van der Waals surface area (Å²) >= 11 is 5.77. The molecule has 2 aromatic rings. The lowest BCUT2D eigenvalue weighted by Gasteiger charge is -2.09. The van der Waals surface area contributed by atoms with E-state index in [-0.39, 0.29) is 5.69 Å². The molecule has 0 bridgehead atoms. The standard InChI is InChI=1S/C13H13ClN2O2/c1-15(14)9-10-4-6-11(7-5-10)16-8-2-3-12(16)13(17)18/h2-8H,9H2,1H3,(H,17,18). The van der Waals surface area contributed by atoms with Gasteiger partial charge >= 0.3 is 5.97 Å². The third-order valence-electron chi connectivity index (χ3n) is 2.58. The van der Waals surface area contributed by atoms with Gasteiger partial charge in [-0.1, -0.05) is 12.1 Å². The summed E-state index contributed by atoms with van der Waals surface area (Å²) in [6.45, 7) is 0.638. The van der Waals surface area contributed by atoms with Gasteiger partial charge in [0.25, 0.3) is 0 Å². The average Bonchev–Trinajstić information content (AvgIpc) is 2.78. The molecule has 0 saturated heterocycles. The van der Waals surface area contributed by atoms with Gasteiger partial charge in [0, 0.05) is 25.5 Å². The van der Waals surface area contributed by atoms with Crippen LogP contribution in [0.4, 0.5) is 0 Å². The highest BCUT2D eigenvalue weighted by Gasteiger charge is 2.09. The van der Waals surface area contributed by atoms with E-state index >= 15 is 0 Å². The van der Waals surface area contributed by atoms with Gasteiger partial charge in [0.1, 0.15) is 5.69 Å². The Labute approximate surface area is 110 Å². The highest BCUT2D eigenvalue weighted by atomic mass is 35.5. The third kappa shape index (κ3) is 2.72. The number of aromatic nitrogens is 1. The molecule has 1 aromatic heterocycles. The van der Waals surface area contributed by atoms with E-state index in [4.69, 9.17) is 16.9 Å². The van der Waals surface area contributed by atoms with Gasteiger partial charge in [0.2, 0.25) is 0 Å². The van der Waals surface area contributed by atoms with Crippen LogP contribution in [0.5, 0.6) is 0 Å². The number of hydrogen-bond donors (Lipinski definition) is 1. The molecule has 0 radical (unpaired) electrons. The first-order chi connectivity index (χ1) is 8.58. The number of hydrogen-bond acceptors (Lipinski definition) is 2. The molecule has 1 aromatic carbocycles. The highest BCUT2D eigenvalue weighted by molar-refractivity contribution is 6.13. The van der Waals surface area contributed by atoms with E-state index in [1.807, 2.05) is 24.3 Å². The fourth-order valence-corrected chi connectivity index (χ4v) is 1.93. The number of aromatic carboxylic acids is 1. The Morgan fingerprint density at radius 3 is 2.56 bits per heavy atom. The number of carboxylic acids is 1. The molecular formula is C13H13ClN2O2. The molecule has 0 saturated carbocycles. The summed E-state index contributed by atoms with van der Waals surface area (Å²) in [4.78, 5) is 11.0. The van der Waals surface area contributed by atoms with Crippen LogP contribution in [0.3, 0.4) is 0 Å². The van der Waals surface area contributed by atoms with Gasteiger partial charge in [-0.3, -0.25) is 0 Å². The van der Waals surface area contributed by atoms with Gasteiger partial charge in [0.15, 0.2) is 0 Å². The number of nitrogens with zero attached hydrogens (tertiary/aromatic N) is 2. The van der Waals surface area contributed by atoms with E-state index in [9.17, 15) is 4.79 Å². The number of rotatable bonds is 4. The minimum atomic E-state index is -0.940. The Balaban J connectivity index is 2.29. The van der Waals surface area contributed by atoms with Crippen molar-refractivity contribution in [2.45, 2.75) is 6.54 Å². The predicted octanol–water partition coefficient (Wildman–Crippen LogP) is 2.76. The van der Waals surface area contributed by atoms with Gasteiger partial charge in [0.05, 0.1) is 0 Å². The lowest BCUT2D eigenvalue weighted by molar-refractivity contribution is 0.0688. The second-order valence-electron chi connectivity index (χ2n) is 4.00. The van der Waals surface area contributed by atoms with Gasteiger partial charge < -0.3 is 9.67 Å². The first-order valence-electron chi connectivity index (χ1n) is 5.45. The van der Waals surface area contributed by atoms with Crippen molar-refractivity contribution in [3.8, 4) is 5.69 Å². The summed E-state index contributed by atoms with van der Waals surface area (Å²) in [5, 5.41) is 9.04. The Hall–Kier alpha value is -1.78. The maximum atomic E-state index is 11.0. The highest BCUT2D eigenvalue weighted by Crippen LogP contribution is 2.15. The molecule has 1 N–H and O–H groups in total. The fourth-order valence-electron chi connectivity index (χ4n) is 1.79. The molecule has 0 spiro atoms. The van der Waals surface area contributed by atoms with Gasteiger partial charge in [-0.05, 0) is 41.6 Å². The smallest absolute Gasteiger partial charge is 0.352 e. The van der Waals surface area contributed by atoms with Crippen molar-refractivity contribution in [3.05, 3.63) is 53.9 Å². The molecule has 0 aliphatic rings. The topological polar surface area (TPSA) is 45.5 Å². The van der Waals surface area contributed by atoms with Crippen LogP contribution in [0.15, 0.2) is 42.6 Å². The first kappa shape index (κ1) is 12.7. The van der Waals surface area contributed by atoms with Crippen LogP contribution in [0.1, 0.15) is 16.1 Å². The zero-order valence-corrected chi connectivity index (χ0v) is 10.6. The number of carbonyl (C=O) groups is 1. The van der Waals surface area contributed by atoms with Crippen LogP contribution in [0.2, 0.25) is 0 Å². The number of carboxylic acid groups (broad SMARTS) is 1. The Morgan fingerprint density at radius 1 is 1.33 bits per heavy atom. The summed E-state index contributed by atoms with van der Waals surface area (Å²) in [5.41, 5.74) is 2.14. The van der Waals surface area contributed by atoms with Gasteiger partial charge in [-0.15, -0.1) is 0 Å². The molecule has 0 fully saturated rings. The van der Waals surface area contributed by atoms with E-state index in [0.29, 0.717) is 6.54 Å². The molecule has 0 atom stereocenters. The van der Waals surface area contributed by atoms with Crippen molar-refractivity contribution >= 4 is 17.7 Å². The van der Waals surface area contributed by atoms with E-state index in [1.165, 1.54) is 0 Å². The summed E-state index contributed by atoms with van der Waals surface area (Å²) in [6.07, 6.45) is 1.73. The minimum absolute atomic E-state index is 0.247. The minimum Gasteiger partial charge on any atom is -0.477 e. The summed E-state index contributed by atoms with van der Waals surface area (Å²) in [6, 6.07) is 10.9. The van der Waals surface area contributed by atoms with Crippen LogP contribution < -0.4 is 0 Å². The van der Waals surface area contributed by atoms with Crippen molar-refractivity contribution in [2.75, 3.05) is 7.05 Å². The second-order valence-corrected chi connectivity index (χ2v) is 4.58. The van der Waals surface area contributed by atoms with Crippen molar-refractivity contribution in [1.29, 1.82) is 0 Å². The van der Waals surface area contributed by atoms with Gasteiger partial charge in [-0.25, -0.2) is 9.21 Å². The normalized spacial score (nSPS) is 10.8. The van der Waals surface area contributed by atoms with Crippen LogP contribution in [-0.2, 0) is 6.54 Å². The number of benzene rings is 1. The largest absolute Gasteiger partial charge is 0.477 e. The molecule has 0 amide bonds. The molecule has 5 heteroatoms. The maximum Gasteiger partial charge on any atom is 0.352 e. The van der Waals surface area contributed by atoms with Crippen molar-refractivity contribution in [3.63, 3.8) is 0 Å². The van der Waals surface area contributed by atoms with E-state index in [1.54, 1.807) is 34.4 Å². The Kier molecular flexibility index (Phi) is 3.69. The second kappa shape index (κ2) is 5.25. The fraction of sp³-hybridized carbons (Fsp3) is 0.154. The zero-order chi connectivity index (χ0) is 13.1. The van der Waals surface area contributed by atoms with E-state index < -0.39 is 5.97 Å². The van der Waals surface area contributed by atoms with Crippen molar-refractivity contribution < 1.29 is 9.90 Å². The summed E-state index contributed by atoms with van der Waals surface area (Å²) in [5.74, 6) is -0.940. The Morgan fingerprint density at radius 2 is 2.00 bits per heavy atom. The SMILES string of the molecule is CN(Cl)Cc1ccc(-n2cccc2C(=O)O)cc1. The molecular weight excluding hydrogens is 252 g/mol. The average molecular weight is 265 g/mol. The first-order valence-corrected chi connectivity index (χ1v) is 5.78. The molecule has 0 unspecified atom stereocenters. The molecule has 0 aliphatic heterocycles. The molecule has 0 aliphatic carbocycles. The van der Waals surface area contributed by atoms with Gasteiger partial charge in [-0.2, -0.15) is 0 Å². The quantitative estimate of drug-likeness (QED) is 0.864. The van der Waals surface area contributed by atoms with E-state index in [2.05, 4.69) is 0 Å². The molecule has 18 heavy (non-hydrogen) atoms. The number of halogens is 1. The maximum absolute atomic E-state index is 11.0. The molecule has 4 nitrogen and oxygen atoms in total. The molecule has 94 valence electrons. The van der Waals surface area contributed by atoms with Crippen molar-refractivity contribution in [1.82, 2.24) is 8.99 Å². The predicted molar refractivity (Wildman–Crippen MR) is 70.0 cm³/mol.